The van der Waals surface area contributed by atoms with Crippen molar-refractivity contribution in [1.82, 2.24) is 0 Å². The summed E-state index contributed by atoms with van der Waals surface area (Å²) in [4.78, 5) is 0. The minimum atomic E-state index is 0.569. The van der Waals surface area contributed by atoms with Crippen LogP contribution in [-0.4, -0.2) is 16.4 Å². The molecule has 3 heteroatoms. The Balaban J connectivity index is 3.28. The Morgan fingerprint density at radius 2 is 1.70 bits per heavy atom. The Morgan fingerprint density at radius 1 is 1.10 bits per heavy atom. The standard InChI is InChI=1S/C7H18NS2/c1-3-5-6-7-8(9,10)4-2/h9-10H,3-7H2,1-2H3/q+1. The monoisotopic (exact) mass is 180 g/mol. The van der Waals surface area contributed by atoms with Crippen LogP contribution in [-0.2, 0) is 0 Å². The van der Waals surface area contributed by atoms with E-state index in [4.69, 9.17) is 0 Å². The van der Waals surface area contributed by atoms with Crippen molar-refractivity contribution in [3.8, 4) is 0 Å². The van der Waals surface area contributed by atoms with Crippen LogP contribution in [0.5, 0.6) is 0 Å². The maximum atomic E-state index is 4.36. The molecule has 0 aromatic carbocycles. The first-order valence-electron chi connectivity index (χ1n) is 3.95. The molecule has 0 fully saturated rings. The highest BCUT2D eigenvalue weighted by atomic mass is 32.2. The molecule has 0 amide bonds. The van der Waals surface area contributed by atoms with Gasteiger partial charge >= 0.3 is 0 Å². The van der Waals surface area contributed by atoms with E-state index in [0.29, 0.717) is 3.29 Å². The lowest BCUT2D eigenvalue weighted by Crippen LogP contribution is -2.27. The van der Waals surface area contributed by atoms with Crippen molar-refractivity contribution in [2.45, 2.75) is 33.1 Å². The molecule has 0 radical (unpaired) electrons. The highest BCUT2D eigenvalue weighted by molar-refractivity contribution is 7.87. The molecule has 62 valence electrons. The van der Waals surface area contributed by atoms with Gasteiger partial charge in [-0.2, -0.15) is 0 Å². The summed E-state index contributed by atoms with van der Waals surface area (Å²) in [5, 5.41) is 0. The van der Waals surface area contributed by atoms with Gasteiger partial charge in [-0.1, -0.05) is 13.3 Å². The Kier molecular flexibility index (Phi) is 5.68. The van der Waals surface area contributed by atoms with Gasteiger partial charge in [-0.3, -0.25) is 0 Å². The van der Waals surface area contributed by atoms with Crippen LogP contribution in [0.25, 0.3) is 0 Å². The Hall–Kier alpha value is 0.660. The number of quaternary nitrogens is 1. The first-order valence-corrected chi connectivity index (χ1v) is 4.75. The van der Waals surface area contributed by atoms with Gasteiger partial charge in [0.15, 0.2) is 0 Å². The van der Waals surface area contributed by atoms with Gasteiger partial charge < -0.3 is 0 Å². The molecule has 0 atom stereocenters. The first-order chi connectivity index (χ1) is 4.62. The zero-order valence-corrected chi connectivity index (χ0v) is 8.67. The van der Waals surface area contributed by atoms with E-state index in [2.05, 4.69) is 39.5 Å². The van der Waals surface area contributed by atoms with E-state index in [1.165, 1.54) is 19.3 Å². The second-order valence-electron chi connectivity index (χ2n) is 2.63. The van der Waals surface area contributed by atoms with Gasteiger partial charge in [-0.25, -0.2) is 3.29 Å². The summed E-state index contributed by atoms with van der Waals surface area (Å²) >= 11 is 8.72. The Labute approximate surface area is 75.5 Å². The van der Waals surface area contributed by atoms with E-state index in [9.17, 15) is 0 Å². The summed E-state index contributed by atoms with van der Waals surface area (Å²) in [6, 6.07) is 0. The predicted octanol–water partition coefficient (Wildman–Crippen LogP) is 2.70. The molecule has 0 bridgehead atoms. The topological polar surface area (TPSA) is 0 Å². The van der Waals surface area contributed by atoms with Crippen molar-refractivity contribution in [1.29, 1.82) is 0 Å². The van der Waals surface area contributed by atoms with Gasteiger partial charge in [-0.15, -0.1) is 0 Å². The minimum Gasteiger partial charge on any atom is -0.206 e. The van der Waals surface area contributed by atoms with Crippen LogP contribution < -0.4 is 0 Å². The number of nitrogens with zero attached hydrogens (tertiary/aromatic N) is 1. The lowest BCUT2D eigenvalue weighted by molar-refractivity contribution is -0.637. The zero-order chi connectivity index (χ0) is 8.04. The van der Waals surface area contributed by atoms with Crippen LogP contribution in [0.4, 0.5) is 0 Å². The molecule has 0 aliphatic carbocycles. The summed E-state index contributed by atoms with van der Waals surface area (Å²) in [6.45, 7) is 6.36. The lowest BCUT2D eigenvalue weighted by Gasteiger charge is -2.21. The molecule has 10 heavy (non-hydrogen) atoms. The molecular formula is C7H18NS2+. The fourth-order valence-corrected chi connectivity index (χ4v) is 1.06. The smallest absolute Gasteiger partial charge is 0.0998 e. The molecule has 0 aromatic rings. The second-order valence-corrected chi connectivity index (χ2v) is 4.47. The Morgan fingerprint density at radius 3 is 2.10 bits per heavy atom. The molecule has 0 aliphatic rings. The van der Waals surface area contributed by atoms with Crippen molar-refractivity contribution in [2.24, 2.45) is 0 Å². The van der Waals surface area contributed by atoms with Crippen LogP contribution in [0.1, 0.15) is 33.1 Å². The van der Waals surface area contributed by atoms with E-state index < -0.39 is 0 Å². The summed E-state index contributed by atoms with van der Waals surface area (Å²) in [5.41, 5.74) is 0. The number of hydrogen-bond donors (Lipinski definition) is 2. The van der Waals surface area contributed by atoms with Crippen molar-refractivity contribution in [3.63, 3.8) is 0 Å². The zero-order valence-electron chi connectivity index (χ0n) is 6.88. The van der Waals surface area contributed by atoms with Crippen molar-refractivity contribution >= 4 is 25.6 Å². The van der Waals surface area contributed by atoms with Gasteiger partial charge in [0, 0.05) is 0 Å². The summed E-state index contributed by atoms with van der Waals surface area (Å²) in [7, 11) is 0. The number of thiol groups is 2. The molecule has 0 rings (SSSR count). The van der Waals surface area contributed by atoms with Crippen LogP contribution in [0.2, 0.25) is 0 Å². The van der Waals surface area contributed by atoms with Crippen LogP contribution in [0.3, 0.4) is 0 Å². The first kappa shape index (κ1) is 10.7. The largest absolute Gasteiger partial charge is 0.206 e. The van der Waals surface area contributed by atoms with Crippen LogP contribution in [0.15, 0.2) is 0 Å². The molecule has 0 saturated carbocycles. The van der Waals surface area contributed by atoms with Gasteiger partial charge in [0.05, 0.1) is 38.7 Å². The summed E-state index contributed by atoms with van der Waals surface area (Å²) < 4.78 is 0.569. The van der Waals surface area contributed by atoms with E-state index in [1.807, 2.05) is 0 Å². The fraction of sp³-hybridized carbons (Fsp3) is 1.00. The summed E-state index contributed by atoms with van der Waals surface area (Å²) in [6.07, 6.45) is 3.80. The average Bonchev–Trinajstić information content (AvgIpc) is 1.89. The average molecular weight is 180 g/mol. The van der Waals surface area contributed by atoms with Gasteiger partial charge in [-0.05, 0) is 19.8 Å². The molecule has 0 unspecified atom stereocenters. The Bertz CT molecular complexity index is 83.7. The summed E-state index contributed by atoms with van der Waals surface area (Å²) in [5.74, 6) is 0. The number of unbranched alkanes of at least 4 members (excludes halogenated alkanes) is 2. The van der Waals surface area contributed by atoms with Gasteiger partial charge in [0.2, 0.25) is 0 Å². The van der Waals surface area contributed by atoms with E-state index in [-0.39, 0.29) is 0 Å². The third kappa shape index (κ3) is 5.45. The molecule has 0 spiro atoms. The lowest BCUT2D eigenvalue weighted by atomic mass is 10.2. The highest BCUT2D eigenvalue weighted by Gasteiger charge is 2.14. The maximum absolute atomic E-state index is 4.36. The molecular weight excluding hydrogens is 162 g/mol. The van der Waals surface area contributed by atoms with E-state index in [1.54, 1.807) is 0 Å². The second kappa shape index (κ2) is 5.33. The molecule has 0 aliphatic heterocycles. The van der Waals surface area contributed by atoms with Gasteiger partial charge in [0.1, 0.15) is 0 Å². The molecule has 1 nitrogen and oxygen atoms in total. The predicted molar refractivity (Wildman–Crippen MR) is 53.2 cm³/mol. The van der Waals surface area contributed by atoms with Gasteiger partial charge in [0.25, 0.3) is 0 Å². The van der Waals surface area contributed by atoms with Crippen LogP contribution in [0, 0.1) is 0 Å². The SMILES string of the molecule is CCCCC[N+](S)(S)CC. The fourth-order valence-electron chi connectivity index (χ4n) is 0.773. The maximum Gasteiger partial charge on any atom is 0.0998 e. The third-order valence-electron chi connectivity index (χ3n) is 1.63. The van der Waals surface area contributed by atoms with Crippen LogP contribution >= 0.6 is 25.6 Å². The van der Waals surface area contributed by atoms with Crippen molar-refractivity contribution < 1.29 is 3.29 Å². The number of hydrogen-bond acceptors (Lipinski definition) is 2. The molecule has 0 N–H and O–H groups in total. The van der Waals surface area contributed by atoms with E-state index in [0.717, 1.165) is 13.1 Å². The highest BCUT2D eigenvalue weighted by Crippen LogP contribution is 2.16. The van der Waals surface area contributed by atoms with Crippen molar-refractivity contribution in [3.05, 3.63) is 0 Å². The molecule has 0 heterocycles. The quantitative estimate of drug-likeness (QED) is 0.363. The minimum absolute atomic E-state index is 0.569. The molecule has 0 saturated heterocycles. The normalized spacial score (nSPS) is 12.0. The molecule has 0 aromatic heterocycles. The van der Waals surface area contributed by atoms with Crippen molar-refractivity contribution in [2.75, 3.05) is 13.1 Å². The number of rotatable bonds is 5. The third-order valence-corrected chi connectivity index (χ3v) is 2.59. The van der Waals surface area contributed by atoms with E-state index >= 15 is 0 Å².